The number of hydrogen-bond acceptors (Lipinski definition) is 2. The number of hydrogen-bond donors (Lipinski definition) is 0. The summed E-state index contributed by atoms with van der Waals surface area (Å²) in [6.45, 7) is 0. The summed E-state index contributed by atoms with van der Waals surface area (Å²) in [5.74, 6) is -0.163. The first-order chi connectivity index (χ1) is 9.35. The van der Waals surface area contributed by atoms with Crippen molar-refractivity contribution in [3.8, 4) is 17.2 Å². The second-order valence-electron chi connectivity index (χ2n) is 3.59. The zero-order valence-corrected chi connectivity index (χ0v) is 11.2. The largest absolute Gasteiger partial charge is 0.573 e. The molecule has 0 amide bonds. The van der Waals surface area contributed by atoms with E-state index in [2.05, 4.69) is 10.8 Å². The maximum absolute atomic E-state index is 12.1. The normalized spacial score (nSPS) is 11.2. The maximum Gasteiger partial charge on any atom is 0.573 e. The van der Waals surface area contributed by atoms with E-state index >= 15 is 0 Å². The monoisotopic (exact) mass is 321 g/mol. The van der Waals surface area contributed by atoms with Crippen molar-refractivity contribution in [1.29, 1.82) is 0 Å². The van der Waals surface area contributed by atoms with Crippen molar-refractivity contribution in [3.05, 3.63) is 52.5 Å². The van der Waals surface area contributed by atoms with Crippen LogP contribution in [0.5, 0.6) is 17.2 Å². The van der Waals surface area contributed by atoms with Gasteiger partial charge in [0.05, 0.1) is 5.02 Å². The van der Waals surface area contributed by atoms with Crippen molar-refractivity contribution in [2.45, 2.75) is 6.36 Å². The predicted molar refractivity (Wildman–Crippen MR) is 68.5 cm³/mol. The fourth-order valence-corrected chi connectivity index (χ4v) is 1.69. The number of halogens is 5. The average molecular weight is 322 g/mol. The molecule has 2 rings (SSSR count). The molecular formula is C13H6Cl2F3O2. The number of benzene rings is 2. The summed E-state index contributed by atoms with van der Waals surface area (Å²) in [5.41, 5.74) is 0. The molecule has 0 bridgehead atoms. The molecule has 0 atom stereocenters. The molecule has 0 aliphatic heterocycles. The van der Waals surface area contributed by atoms with Crippen LogP contribution in [-0.4, -0.2) is 6.36 Å². The average Bonchev–Trinajstić information content (AvgIpc) is 2.33. The molecule has 0 saturated carbocycles. The third kappa shape index (κ3) is 3.95. The Hall–Kier alpha value is -1.59. The standard InChI is InChI=1S/C13H6Cl2F3O2/c14-10-5-2-6-11(12(10)15)19-8-3-1-4-9(7-8)20-13(16,17)18/h1-3,5-7H. The molecule has 2 nitrogen and oxygen atoms in total. The summed E-state index contributed by atoms with van der Waals surface area (Å²) < 4.78 is 45.4. The third-order valence-electron chi connectivity index (χ3n) is 2.12. The topological polar surface area (TPSA) is 18.5 Å². The van der Waals surface area contributed by atoms with Crippen LogP contribution in [-0.2, 0) is 0 Å². The lowest BCUT2D eigenvalue weighted by Crippen LogP contribution is -2.17. The summed E-state index contributed by atoms with van der Waals surface area (Å²) in [7, 11) is 0. The van der Waals surface area contributed by atoms with E-state index in [-0.39, 0.29) is 21.5 Å². The van der Waals surface area contributed by atoms with E-state index < -0.39 is 12.1 Å². The molecule has 20 heavy (non-hydrogen) atoms. The Balaban J connectivity index is 2.22. The van der Waals surface area contributed by atoms with E-state index in [0.29, 0.717) is 0 Å². The first-order valence-corrected chi connectivity index (χ1v) is 6.00. The zero-order chi connectivity index (χ0) is 14.8. The van der Waals surface area contributed by atoms with Gasteiger partial charge in [-0.25, -0.2) is 0 Å². The molecule has 0 heterocycles. The van der Waals surface area contributed by atoms with Gasteiger partial charge in [0, 0.05) is 12.1 Å². The smallest absolute Gasteiger partial charge is 0.456 e. The van der Waals surface area contributed by atoms with Gasteiger partial charge in [0.1, 0.15) is 22.3 Å². The fourth-order valence-electron chi connectivity index (χ4n) is 1.36. The van der Waals surface area contributed by atoms with Crippen molar-refractivity contribution in [3.63, 3.8) is 0 Å². The van der Waals surface area contributed by atoms with Gasteiger partial charge in [0.2, 0.25) is 0 Å². The van der Waals surface area contributed by atoms with Crippen molar-refractivity contribution in [2.75, 3.05) is 0 Å². The Bertz CT molecular complexity index is 615. The van der Waals surface area contributed by atoms with E-state index in [1.807, 2.05) is 0 Å². The van der Waals surface area contributed by atoms with Gasteiger partial charge in [-0.1, -0.05) is 29.3 Å². The molecule has 0 N–H and O–H groups in total. The van der Waals surface area contributed by atoms with Crippen molar-refractivity contribution < 1.29 is 22.6 Å². The number of ether oxygens (including phenoxy) is 2. The van der Waals surface area contributed by atoms with Gasteiger partial charge in [-0.05, 0) is 24.3 Å². The molecular weight excluding hydrogens is 316 g/mol. The molecule has 2 aromatic rings. The Labute approximate surface area is 122 Å². The second-order valence-corrected chi connectivity index (χ2v) is 4.38. The SMILES string of the molecule is FC(F)(F)Oc1[c]ccc(Oc2cccc(Cl)c2Cl)c1. The van der Waals surface area contributed by atoms with Gasteiger partial charge in [-0.3, -0.25) is 0 Å². The molecule has 1 radical (unpaired) electrons. The first-order valence-electron chi connectivity index (χ1n) is 5.24. The Morgan fingerprint density at radius 1 is 1.10 bits per heavy atom. The van der Waals surface area contributed by atoms with Gasteiger partial charge >= 0.3 is 6.36 Å². The van der Waals surface area contributed by atoms with Gasteiger partial charge in [-0.2, -0.15) is 0 Å². The summed E-state index contributed by atoms with van der Waals surface area (Å²) in [6, 6.07) is 10.7. The minimum atomic E-state index is -4.79. The van der Waals surface area contributed by atoms with Crippen LogP contribution >= 0.6 is 23.2 Å². The fraction of sp³-hybridized carbons (Fsp3) is 0.0769. The molecule has 0 unspecified atom stereocenters. The van der Waals surface area contributed by atoms with Crippen molar-refractivity contribution >= 4 is 23.2 Å². The predicted octanol–water partition coefficient (Wildman–Crippen LogP) is 5.48. The zero-order valence-electron chi connectivity index (χ0n) is 9.67. The highest BCUT2D eigenvalue weighted by molar-refractivity contribution is 6.42. The Morgan fingerprint density at radius 2 is 1.85 bits per heavy atom. The van der Waals surface area contributed by atoms with E-state index in [9.17, 15) is 13.2 Å². The highest BCUT2D eigenvalue weighted by atomic mass is 35.5. The van der Waals surface area contributed by atoms with Crippen LogP contribution in [0.3, 0.4) is 0 Å². The number of rotatable bonds is 3. The molecule has 0 aliphatic rings. The van der Waals surface area contributed by atoms with E-state index in [0.717, 1.165) is 6.07 Å². The van der Waals surface area contributed by atoms with E-state index in [1.54, 1.807) is 12.1 Å². The molecule has 105 valence electrons. The summed E-state index contributed by atoms with van der Waals surface area (Å²) in [5, 5.41) is 0.443. The lowest BCUT2D eigenvalue weighted by molar-refractivity contribution is -0.274. The van der Waals surface area contributed by atoms with E-state index in [4.69, 9.17) is 27.9 Å². The van der Waals surface area contributed by atoms with Crippen LogP contribution in [0, 0.1) is 6.07 Å². The lowest BCUT2D eigenvalue weighted by atomic mass is 10.3. The molecule has 7 heteroatoms. The minimum absolute atomic E-state index is 0.118. The van der Waals surface area contributed by atoms with E-state index in [1.165, 1.54) is 18.2 Å². The molecule has 0 aliphatic carbocycles. The van der Waals surface area contributed by atoms with Gasteiger partial charge in [0.15, 0.2) is 0 Å². The van der Waals surface area contributed by atoms with Crippen LogP contribution in [0.1, 0.15) is 0 Å². The van der Waals surface area contributed by atoms with Crippen LogP contribution < -0.4 is 9.47 Å². The van der Waals surface area contributed by atoms with Gasteiger partial charge < -0.3 is 9.47 Å². The summed E-state index contributed by atoms with van der Waals surface area (Å²) in [4.78, 5) is 0. The lowest BCUT2D eigenvalue weighted by Gasteiger charge is -2.11. The quantitative estimate of drug-likeness (QED) is 0.744. The molecule has 0 fully saturated rings. The minimum Gasteiger partial charge on any atom is -0.456 e. The third-order valence-corrected chi connectivity index (χ3v) is 2.92. The maximum atomic E-state index is 12.1. The molecule has 0 aromatic heterocycles. The van der Waals surface area contributed by atoms with Gasteiger partial charge in [-0.15, -0.1) is 13.2 Å². The highest BCUT2D eigenvalue weighted by Crippen LogP contribution is 2.35. The highest BCUT2D eigenvalue weighted by Gasteiger charge is 2.31. The Morgan fingerprint density at radius 3 is 2.55 bits per heavy atom. The van der Waals surface area contributed by atoms with Crippen molar-refractivity contribution in [1.82, 2.24) is 0 Å². The number of alkyl halides is 3. The second kappa shape index (κ2) is 5.81. The molecule has 0 saturated heterocycles. The molecule has 0 spiro atoms. The summed E-state index contributed by atoms with van der Waals surface area (Å²) in [6.07, 6.45) is -4.79. The van der Waals surface area contributed by atoms with Crippen LogP contribution in [0.15, 0.2) is 36.4 Å². The van der Waals surface area contributed by atoms with Gasteiger partial charge in [0.25, 0.3) is 0 Å². The first kappa shape index (κ1) is 14.8. The molecule has 2 aromatic carbocycles. The van der Waals surface area contributed by atoms with Crippen molar-refractivity contribution in [2.24, 2.45) is 0 Å². The van der Waals surface area contributed by atoms with Crippen LogP contribution in [0.4, 0.5) is 13.2 Å². The van der Waals surface area contributed by atoms with Crippen LogP contribution in [0.25, 0.3) is 0 Å². The summed E-state index contributed by atoms with van der Waals surface area (Å²) >= 11 is 11.7. The Kier molecular flexibility index (Phi) is 4.30. The van der Waals surface area contributed by atoms with Crippen LogP contribution in [0.2, 0.25) is 10.0 Å².